The first-order valence-corrected chi connectivity index (χ1v) is 3.00. The van der Waals surface area contributed by atoms with Crippen molar-refractivity contribution in [3.05, 3.63) is 24.4 Å². The van der Waals surface area contributed by atoms with Crippen LogP contribution in [0.1, 0.15) is 0 Å². The van der Waals surface area contributed by atoms with E-state index in [2.05, 4.69) is 21.1 Å². The fraction of sp³-hybridized carbons (Fsp3) is 0.143. The Morgan fingerprint density at radius 1 is 1.82 bits per heavy atom. The van der Waals surface area contributed by atoms with Crippen LogP contribution in [0.25, 0.3) is 0 Å². The lowest BCUT2D eigenvalue weighted by atomic mass is 10.5. The standard InChI is InChI=1S/C7H7N2O2/c1-11-7(10)9-6-4-2-3-5-8-6/h3-5H,1H3,(H,8,9,10). The summed E-state index contributed by atoms with van der Waals surface area (Å²) in [6, 6.07) is 5.95. The average Bonchev–Trinajstić information content (AvgIpc) is 2.06. The Labute approximate surface area is 64.2 Å². The number of carbonyl (C=O) groups is 1. The van der Waals surface area contributed by atoms with Gasteiger partial charge in [-0.2, -0.15) is 0 Å². The number of rotatable bonds is 1. The molecule has 0 unspecified atom stereocenters. The summed E-state index contributed by atoms with van der Waals surface area (Å²) in [5, 5.41) is 2.39. The molecule has 0 aliphatic carbocycles. The van der Waals surface area contributed by atoms with Crippen LogP contribution in [0.3, 0.4) is 0 Å². The zero-order valence-corrected chi connectivity index (χ0v) is 6.00. The summed E-state index contributed by atoms with van der Waals surface area (Å²) in [6.45, 7) is 0. The number of nitrogens with one attached hydrogen (secondary N) is 1. The molecule has 0 fully saturated rings. The molecule has 1 radical (unpaired) electrons. The first-order valence-electron chi connectivity index (χ1n) is 3.00. The van der Waals surface area contributed by atoms with Gasteiger partial charge in [-0.1, -0.05) is 0 Å². The highest BCUT2D eigenvalue weighted by molar-refractivity contribution is 5.82. The topological polar surface area (TPSA) is 51.2 Å². The second kappa shape index (κ2) is 3.55. The molecule has 0 saturated heterocycles. The average molecular weight is 151 g/mol. The van der Waals surface area contributed by atoms with Crippen molar-refractivity contribution in [2.75, 3.05) is 12.4 Å². The molecular formula is C7H7N2O2. The third-order valence-corrected chi connectivity index (χ3v) is 1.02. The molecule has 0 aliphatic rings. The van der Waals surface area contributed by atoms with Crippen molar-refractivity contribution in [2.45, 2.75) is 0 Å². The van der Waals surface area contributed by atoms with E-state index in [0.717, 1.165) is 0 Å². The van der Waals surface area contributed by atoms with E-state index in [0.29, 0.717) is 5.82 Å². The second-order valence-corrected chi connectivity index (χ2v) is 1.76. The Morgan fingerprint density at radius 2 is 2.64 bits per heavy atom. The number of anilines is 1. The maximum Gasteiger partial charge on any atom is 0.412 e. The van der Waals surface area contributed by atoms with Crippen molar-refractivity contribution in [2.24, 2.45) is 0 Å². The lowest BCUT2D eigenvalue weighted by molar-refractivity contribution is 0.187. The minimum absolute atomic E-state index is 0.430. The van der Waals surface area contributed by atoms with Crippen LogP contribution >= 0.6 is 0 Å². The van der Waals surface area contributed by atoms with Gasteiger partial charge in [0.1, 0.15) is 5.82 Å². The Morgan fingerprint density at radius 3 is 3.18 bits per heavy atom. The van der Waals surface area contributed by atoms with E-state index in [-0.39, 0.29) is 0 Å². The number of hydrogen-bond acceptors (Lipinski definition) is 3. The highest BCUT2D eigenvalue weighted by Gasteiger charge is 1.98. The van der Waals surface area contributed by atoms with Gasteiger partial charge >= 0.3 is 6.09 Å². The van der Waals surface area contributed by atoms with Crippen molar-refractivity contribution in [1.82, 2.24) is 4.98 Å². The summed E-state index contributed by atoms with van der Waals surface area (Å²) in [6.07, 6.45) is 1.00. The largest absolute Gasteiger partial charge is 0.453 e. The Balaban J connectivity index is 2.58. The molecule has 57 valence electrons. The van der Waals surface area contributed by atoms with Crippen molar-refractivity contribution in [3.63, 3.8) is 0 Å². The van der Waals surface area contributed by atoms with Gasteiger partial charge in [0.15, 0.2) is 0 Å². The van der Waals surface area contributed by atoms with Crippen LogP contribution < -0.4 is 5.32 Å². The molecule has 0 atom stereocenters. The molecule has 11 heavy (non-hydrogen) atoms. The number of amides is 1. The number of methoxy groups -OCH3 is 1. The lowest BCUT2D eigenvalue weighted by Gasteiger charge is -1.99. The smallest absolute Gasteiger partial charge is 0.412 e. The molecule has 1 N–H and O–H groups in total. The van der Waals surface area contributed by atoms with Crippen molar-refractivity contribution >= 4 is 11.9 Å². The van der Waals surface area contributed by atoms with E-state index in [9.17, 15) is 4.79 Å². The van der Waals surface area contributed by atoms with Crippen molar-refractivity contribution in [3.8, 4) is 0 Å². The minimum Gasteiger partial charge on any atom is -0.453 e. The molecule has 4 heteroatoms. The highest BCUT2D eigenvalue weighted by Crippen LogP contribution is 1.98. The number of hydrogen-bond donors (Lipinski definition) is 1. The predicted molar refractivity (Wildman–Crippen MR) is 39.1 cm³/mol. The molecule has 1 heterocycles. The second-order valence-electron chi connectivity index (χ2n) is 1.76. The van der Waals surface area contributed by atoms with Crippen molar-refractivity contribution < 1.29 is 9.53 Å². The van der Waals surface area contributed by atoms with Gasteiger partial charge in [-0.05, 0) is 18.2 Å². The van der Waals surface area contributed by atoms with Crippen LogP contribution in [0.2, 0.25) is 0 Å². The number of aromatic nitrogens is 1. The summed E-state index contributed by atoms with van der Waals surface area (Å²) >= 11 is 0. The van der Waals surface area contributed by atoms with Crippen LogP contribution in [-0.2, 0) is 4.74 Å². The van der Waals surface area contributed by atoms with E-state index in [4.69, 9.17) is 0 Å². The molecule has 0 aromatic carbocycles. The van der Waals surface area contributed by atoms with E-state index < -0.39 is 6.09 Å². The molecule has 0 bridgehead atoms. The summed E-state index contributed by atoms with van der Waals surface area (Å²) in [7, 11) is 1.29. The molecule has 0 aliphatic heterocycles. The lowest BCUT2D eigenvalue weighted by Crippen LogP contribution is -2.11. The van der Waals surface area contributed by atoms with Gasteiger partial charge in [0, 0.05) is 6.20 Å². The van der Waals surface area contributed by atoms with Gasteiger partial charge < -0.3 is 4.74 Å². The third-order valence-electron chi connectivity index (χ3n) is 1.02. The molecule has 1 rings (SSSR count). The summed E-state index contributed by atoms with van der Waals surface area (Å²) < 4.78 is 4.35. The molecular weight excluding hydrogens is 144 g/mol. The first-order chi connectivity index (χ1) is 5.33. The Bertz CT molecular complexity index is 235. The van der Waals surface area contributed by atoms with Crippen LogP contribution in [0, 0.1) is 6.07 Å². The fourth-order valence-corrected chi connectivity index (χ4v) is 0.549. The van der Waals surface area contributed by atoms with Gasteiger partial charge in [0.05, 0.1) is 7.11 Å². The fourth-order valence-electron chi connectivity index (χ4n) is 0.549. The molecule has 1 aromatic rings. The SMILES string of the molecule is COC(=O)Nc1c[c]ccn1. The monoisotopic (exact) mass is 151 g/mol. The van der Waals surface area contributed by atoms with Gasteiger partial charge in [-0.3, -0.25) is 5.32 Å². The maximum atomic E-state index is 10.6. The number of ether oxygens (including phenoxy) is 1. The van der Waals surface area contributed by atoms with Gasteiger partial charge in [-0.25, -0.2) is 9.78 Å². The van der Waals surface area contributed by atoms with Crippen LogP contribution in [-0.4, -0.2) is 18.2 Å². The Kier molecular flexibility index (Phi) is 2.43. The quantitative estimate of drug-likeness (QED) is 0.652. The van der Waals surface area contributed by atoms with E-state index in [1.807, 2.05) is 0 Å². The molecule has 4 nitrogen and oxygen atoms in total. The zero-order valence-electron chi connectivity index (χ0n) is 6.00. The third kappa shape index (κ3) is 2.25. The number of carbonyl (C=O) groups excluding carboxylic acids is 1. The number of pyridine rings is 1. The van der Waals surface area contributed by atoms with Crippen LogP contribution in [0.4, 0.5) is 10.6 Å². The number of nitrogens with zero attached hydrogens (tertiary/aromatic N) is 1. The van der Waals surface area contributed by atoms with Gasteiger partial charge in [0.2, 0.25) is 0 Å². The zero-order chi connectivity index (χ0) is 8.10. The molecule has 1 amide bonds. The van der Waals surface area contributed by atoms with E-state index in [1.54, 1.807) is 12.1 Å². The maximum absolute atomic E-state index is 10.6. The minimum atomic E-state index is -0.530. The predicted octanol–water partition coefficient (Wildman–Crippen LogP) is 1.06. The van der Waals surface area contributed by atoms with Gasteiger partial charge in [-0.15, -0.1) is 0 Å². The Hall–Kier alpha value is -1.58. The van der Waals surface area contributed by atoms with E-state index >= 15 is 0 Å². The first kappa shape index (κ1) is 7.53. The molecule has 0 spiro atoms. The van der Waals surface area contributed by atoms with Gasteiger partial charge in [0.25, 0.3) is 0 Å². The molecule has 1 aromatic heterocycles. The van der Waals surface area contributed by atoms with Crippen LogP contribution in [0.5, 0.6) is 0 Å². The summed E-state index contributed by atoms with van der Waals surface area (Å²) in [5.41, 5.74) is 0. The van der Waals surface area contributed by atoms with E-state index in [1.165, 1.54) is 13.3 Å². The van der Waals surface area contributed by atoms with Crippen LogP contribution in [0.15, 0.2) is 18.3 Å². The normalized spacial score (nSPS) is 8.82. The molecule has 0 saturated carbocycles. The highest BCUT2D eigenvalue weighted by atomic mass is 16.5. The summed E-state index contributed by atoms with van der Waals surface area (Å²) in [4.78, 5) is 14.4. The summed E-state index contributed by atoms with van der Waals surface area (Å²) in [5.74, 6) is 0.430. The van der Waals surface area contributed by atoms with Crippen molar-refractivity contribution in [1.29, 1.82) is 0 Å².